The van der Waals surface area contributed by atoms with Gasteiger partial charge in [0.1, 0.15) is 0 Å². The number of piperidine rings is 1. The van der Waals surface area contributed by atoms with Gasteiger partial charge in [-0.2, -0.15) is 0 Å². The van der Waals surface area contributed by atoms with E-state index in [1.165, 1.54) is 10.5 Å². The second-order valence-electron chi connectivity index (χ2n) is 6.42. The van der Waals surface area contributed by atoms with E-state index in [0.29, 0.717) is 0 Å². The van der Waals surface area contributed by atoms with Crippen molar-refractivity contribution in [3.05, 3.63) is 29.8 Å². The Bertz CT molecular complexity index is 501. The average Bonchev–Trinajstić information content (AvgIpc) is 2.46. The van der Waals surface area contributed by atoms with Gasteiger partial charge in [-0.1, -0.05) is 18.2 Å². The largest absolute Gasteiger partial charge is 0.347 e. The highest BCUT2D eigenvalue weighted by Crippen LogP contribution is 2.30. The van der Waals surface area contributed by atoms with E-state index in [1.54, 1.807) is 11.8 Å². The number of benzene rings is 1. The molecule has 1 aromatic carbocycles. The molecule has 3 nitrogen and oxygen atoms in total. The number of amides is 1. The van der Waals surface area contributed by atoms with Crippen molar-refractivity contribution in [2.45, 2.75) is 37.1 Å². The van der Waals surface area contributed by atoms with E-state index in [-0.39, 0.29) is 17.4 Å². The van der Waals surface area contributed by atoms with E-state index in [9.17, 15) is 4.79 Å². The Morgan fingerprint density at radius 2 is 2.10 bits per heavy atom. The van der Waals surface area contributed by atoms with Crippen molar-refractivity contribution in [1.29, 1.82) is 0 Å². The minimum absolute atomic E-state index is 0.115. The summed E-state index contributed by atoms with van der Waals surface area (Å²) in [6.45, 7) is 6.15. The van der Waals surface area contributed by atoms with Gasteiger partial charge in [0.15, 0.2) is 0 Å². The van der Waals surface area contributed by atoms with Gasteiger partial charge in [-0.15, -0.1) is 11.8 Å². The SMILES string of the molecule is CSc1ccccc1C(C)(C)NC(=O)C1CCCN(C)C1. The van der Waals surface area contributed by atoms with Crippen LogP contribution < -0.4 is 5.32 Å². The van der Waals surface area contributed by atoms with Crippen LogP contribution in [-0.4, -0.2) is 37.2 Å². The van der Waals surface area contributed by atoms with Crippen LogP contribution in [0.4, 0.5) is 0 Å². The Morgan fingerprint density at radius 3 is 2.76 bits per heavy atom. The maximum Gasteiger partial charge on any atom is 0.225 e. The molecule has 0 spiro atoms. The maximum atomic E-state index is 12.6. The van der Waals surface area contributed by atoms with Gasteiger partial charge in [-0.3, -0.25) is 4.79 Å². The lowest BCUT2D eigenvalue weighted by Crippen LogP contribution is -2.48. The molecule has 4 heteroatoms. The number of thioether (sulfide) groups is 1. The zero-order valence-electron chi connectivity index (χ0n) is 13.5. The second-order valence-corrected chi connectivity index (χ2v) is 7.26. The van der Waals surface area contributed by atoms with Crippen LogP contribution in [0.15, 0.2) is 29.2 Å². The summed E-state index contributed by atoms with van der Waals surface area (Å²) >= 11 is 1.73. The van der Waals surface area contributed by atoms with E-state index < -0.39 is 0 Å². The Morgan fingerprint density at radius 1 is 1.38 bits per heavy atom. The molecule has 1 amide bonds. The molecule has 1 aromatic rings. The van der Waals surface area contributed by atoms with Crippen LogP contribution >= 0.6 is 11.8 Å². The summed E-state index contributed by atoms with van der Waals surface area (Å²) in [5, 5.41) is 3.26. The lowest BCUT2D eigenvalue weighted by Gasteiger charge is -2.34. The van der Waals surface area contributed by atoms with Crippen LogP contribution in [0, 0.1) is 5.92 Å². The highest BCUT2D eigenvalue weighted by Gasteiger charge is 2.30. The van der Waals surface area contributed by atoms with Crippen molar-refractivity contribution in [2.24, 2.45) is 5.92 Å². The first-order valence-electron chi connectivity index (χ1n) is 7.58. The third kappa shape index (κ3) is 4.01. The first kappa shape index (κ1) is 16.4. The van der Waals surface area contributed by atoms with Crippen LogP contribution in [0.25, 0.3) is 0 Å². The van der Waals surface area contributed by atoms with Gasteiger partial charge in [-0.05, 0) is 58.2 Å². The number of nitrogens with zero attached hydrogens (tertiary/aromatic N) is 1. The van der Waals surface area contributed by atoms with Crippen LogP contribution in [0.2, 0.25) is 0 Å². The van der Waals surface area contributed by atoms with Gasteiger partial charge in [-0.25, -0.2) is 0 Å². The van der Waals surface area contributed by atoms with Crippen LogP contribution in [0.3, 0.4) is 0 Å². The Hall–Kier alpha value is -1.00. The molecule has 0 aliphatic carbocycles. The van der Waals surface area contributed by atoms with Gasteiger partial charge in [0.05, 0.1) is 11.5 Å². The summed E-state index contributed by atoms with van der Waals surface area (Å²) in [5.41, 5.74) is 0.849. The predicted octanol–water partition coefficient (Wildman–Crippen LogP) is 3.10. The molecule has 1 atom stereocenters. The van der Waals surface area contributed by atoms with Gasteiger partial charge in [0, 0.05) is 11.4 Å². The third-order valence-corrected chi connectivity index (χ3v) is 5.01. The fraction of sp³-hybridized carbons (Fsp3) is 0.588. The Labute approximate surface area is 132 Å². The first-order chi connectivity index (χ1) is 9.94. The van der Waals surface area contributed by atoms with Crippen molar-refractivity contribution in [1.82, 2.24) is 10.2 Å². The lowest BCUT2D eigenvalue weighted by atomic mass is 9.91. The summed E-state index contributed by atoms with van der Waals surface area (Å²) in [6, 6.07) is 8.31. The number of nitrogens with one attached hydrogen (secondary N) is 1. The normalized spacial score (nSPS) is 20.3. The molecule has 1 aliphatic heterocycles. The average molecular weight is 306 g/mol. The molecule has 1 heterocycles. The molecule has 1 fully saturated rings. The summed E-state index contributed by atoms with van der Waals surface area (Å²) < 4.78 is 0. The number of likely N-dealkylation sites (tertiary alicyclic amines) is 1. The maximum absolute atomic E-state index is 12.6. The number of rotatable bonds is 4. The van der Waals surface area contributed by atoms with Crippen LogP contribution in [0.5, 0.6) is 0 Å². The highest BCUT2D eigenvalue weighted by molar-refractivity contribution is 7.98. The molecule has 1 aliphatic rings. The molecule has 0 radical (unpaired) electrons. The Balaban J connectivity index is 2.11. The van der Waals surface area contributed by atoms with Gasteiger partial charge < -0.3 is 10.2 Å². The highest BCUT2D eigenvalue weighted by atomic mass is 32.2. The lowest BCUT2D eigenvalue weighted by molar-refractivity contribution is -0.128. The van der Waals surface area contributed by atoms with E-state index in [2.05, 4.69) is 49.5 Å². The van der Waals surface area contributed by atoms with Crippen molar-refractivity contribution >= 4 is 17.7 Å². The Kier molecular flexibility index (Phi) is 5.33. The third-order valence-electron chi connectivity index (χ3n) is 4.21. The molecule has 0 aromatic heterocycles. The summed E-state index contributed by atoms with van der Waals surface area (Å²) in [7, 11) is 2.09. The number of hydrogen-bond donors (Lipinski definition) is 1. The molecule has 2 rings (SSSR count). The van der Waals surface area contributed by atoms with Crippen LogP contribution in [-0.2, 0) is 10.3 Å². The molecule has 0 bridgehead atoms. The van der Waals surface area contributed by atoms with E-state index in [0.717, 1.165) is 25.9 Å². The summed E-state index contributed by atoms with van der Waals surface area (Å²) in [4.78, 5) is 16.1. The first-order valence-corrected chi connectivity index (χ1v) is 8.80. The molecule has 21 heavy (non-hydrogen) atoms. The molecule has 116 valence electrons. The molecular formula is C17H26N2OS. The minimum atomic E-state index is -0.341. The smallest absolute Gasteiger partial charge is 0.225 e. The molecule has 1 N–H and O–H groups in total. The molecule has 1 unspecified atom stereocenters. The summed E-state index contributed by atoms with van der Waals surface area (Å²) in [5.74, 6) is 0.298. The zero-order chi connectivity index (χ0) is 15.5. The zero-order valence-corrected chi connectivity index (χ0v) is 14.3. The monoisotopic (exact) mass is 306 g/mol. The van der Waals surface area contributed by atoms with E-state index in [4.69, 9.17) is 0 Å². The minimum Gasteiger partial charge on any atom is -0.347 e. The van der Waals surface area contributed by atoms with E-state index >= 15 is 0 Å². The summed E-state index contributed by atoms with van der Waals surface area (Å²) in [6.07, 6.45) is 4.18. The number of carbonyl (C=O) groups excluding carboxylic acids is 1. The van der Waals surface area contributed by atoms with Crippen LogP contribution in [0.1, 0.15) is 32.3 Å². The molecule has 0 saturated carbocycles. The van der Waals surface area contributed by atoms with Crippen molar-refractivity contribution in [3.63, 3.8) is 0 Å². The van der Waals surface area contributed by atoms with Crippen molar-refractivity contribution in [2.75, 3.05) is 26.4 Å². The molecule has 1 saturated heterocycles. The topological polar surface area (TPSA) is 32.3 Å². The van der Waals surface area contributed by atoms with Crippen molar-refractivity contribution in [3.8, 4) is 0 Å². The fourth-order valence-corrected chi connectivity index (χ4v) is 3.78. The standard InChI is InChI=1S/C17H26N2OS/c1-17(2,14-9-5-6-10-15(14)21-4)18-16(20)13-8-7-11-19(3)12-13/h5-6,9-10,13H,7-8,11-12H2,1-4H3,(H,18,20). The van der Waals surface area contributed by atoms with Crippen molar-refractivity contribution < 1.29 is 4.79 Å². The van der Waals surface area contributed by atoms with E-state index in [1.807, 2.05) is 12.1 Å². The number of hydrogen-bond acceptors (Lipinski definition) is 3. The second kappa shape index (κ2) is 6.84. The van der Waals surface area contributed by atoms with Gasteiger partial charge in [0.2, 0.25) is 5.91 Å². The quantitative estimate of drug-likeness (QED) is 0.868. The number of carbonyl (C=O) groups is 1. The predicted molar refractivity (Wildman–Crippen MR) is 89.6 cm³/mol. The molecular weight excluding hydrogens is 280 g/mol. The van der Waals surface area contributed by atoms with Gasteiger partial charge >= 0.3 is 0 Å². The fourth-order valence-electron chi connectivity index (χ4n) is 3.02. The van der Waals surface area contributed by atoms with Gasteiger partial charge in [0.25, 0.3) is 0 Å².